The molecule has 0 saturated carbocycles. The zero-order chi connectivity index (χ0) is 23.7. The summed E-state index contributed by atoms with van der Waals surface area (Å²) in [5, 5.41) is 21.3. The maximum atomic E-state index is 13.2. The summed E-state index contributed by atoms with van der Waals surface area (Å²) in [4.78, 5) is 31.6. The van der Waals surface area contributed by atoms with Crippen molar-refractivity contribution in [3.8, 4) is 11.5 Å². The number of carbonyl (C=O) groups is 2. The molecular weight excluding hydrogens is 467 g/mol. The molecule has 1 fully saturated rings. The Bertz CT molecular complexity index is 1260. The van der Waals surface area contributed by atoms with E-state index in [1.807, 2.05) is 0 Å². The molecule has 33 heavy (non-hydrogen) atoms. The number of likely N-dealkylation sites (tertiary alicyclic amines) is 1. The maximum Gasteiger partial charge on any atom is 0.295 e. The summed E-state index contributed by atoms with van der Waals surface area (Å²) >= 11 is 12.4. The van der Waals surface area contributed by atoms with Gasteiger partial charge in [-0.25, -0.2) is 0 Å². The van der Waals surface area contributed by atoms with E-state index in [0.717, 1.165) is 5.56 Å². The number of rotatable bonds is 5. The van der Waals surface area contributed by atoms with E-state index in [9.17, 15) is 19.8 Å². The average Bonchev–Trinajstić information content (AvgIpc) is 3.04. The molecule has 1 amide bonds. The number of benzene rings is 2. The molecule has 3 aromatic rings. The molecule has 1 unspecified atom stereocenters. The Morgan fingerprint density at radius 1 is 1.09 bits per heavy atom. The second kappa shape index (κ2) is 9.13. The van der Waals surface area contributed by atoms with Crippen LogP contribution in [0.2, 0.25) is 10.0 Å². The average molecular weight is 485 g/mol. The number of hydrogen-bond donors (Lipinski definition) is 2. The highest BCUT2D eigenvalue weighted by molar-refractivity contribution is 6.46. The number of methoxy groups -OCH3 is 1. The van der Waals surface area contributed by atoms with E-state index in [0.29, 0.717) is 5.56 Å². The summed E-state index contributed by atoms with van der Waals surface area (Å²) in [7, 11) is 1.37. The van der Waals surface area contributed by atoms with Crippen LogP contribution in [0.5, 0.6) is 11.5 Å². The molecule has 1 aliphatic heterocycles. The Kier molecular flexibility index (Phi) is 6.26. The normalized spacial score (nSPS) is 17.4. The number of phenols is 1. The van der Waals surface area contributed by atoms with Gasteiger partial charge >= 0.3 is 0 Å². The van der Waals surface area contributed by atoms with Gasteiger partial charge in [0.05, 0.1) is 29.3 Å². The fourth-order valence-corrected chi connectivity index (χ4v) is 4.39. The highest BCUT2D eigenvalue weighted by atomic mass is 35.5. The van der Waals surface area contributed by atoms with Crippen molar-refractivity contribution in [1.29, 1.82) is 0 Å². The molecule has 4 rings (SSSR count). The highest BCUT2D eigenvalue weighted by Crippen LogP contribution is 2.43. The minimum absolute atomic E-state index is 0.0214. The number of ether oxygens (including phenoxy) is 1. The number of hydrogen-bond acceptors (Lipinski definition) is 6. The molecule has 7 nitrogen and oxygen atoms in total. The second-order valence-electron chi connectivity index (χ2n) is 7.34. The third-order valence-corrected chi connectivity index (χ3v) is 5.82. The molecular formula is C24H18Cl2N2O5. The number of phenolic OH excluding ortho intramolecular Hbond substituents is 1. The maximum absolute atomic E-state index is 13.2. The Hall–Kier alpha value is -3.55. The lowest BCUT2D eigenvalue weighted by Crippen LogP contribution is -2.29. The van der Waals surface area contributed by atoms with Gasteiger partial charge in [0, 0.05) is 24.0 Å². The molecule has 0 spiro atoms. The minimum atomic E-state index is -0.929. The number of Topliss-reactive ketones (excluding diaryl/α,β-unsaturated/α-hetero) is 1. The van der Waals surface area contributed by atoms with E-state index >= 15 is 0 Å². The number of nitrogens with zero attached hydrogens (tertiary/aromatic N) is 2. The summed E-state index contributed by atoms with van der Waals surface area (Å²) in [5.41, 5.74) is 1.21. The number of ketones is 1. The quantitative estimate of drug-likeness (QED) is 0.308. The molecule has 1 atom stereocenters. The fraction of sp³-hybridized carbons (Fsp3) is 0.125. The van der Waals surface area contributed by atoms with Gasteiger partial charge < -0.3 is 19.8 Å². The van der Waals surface area contributed by atoms with E-state index in [-0.39, 0.29) is 39.2 Å². The van der Waals surface area contributed by atoms with Crippen LogP contribution in [0, 0.1) is 0 Å². The molecule has 0 bridgehead atoms. The molecule has 0 aliphatic carbocycles. The molecule has 2 aromatic carbocycles. The van der Waals surface area contributed by atoms with Crippen molar-refractivity contribution >= 4 is 40.7 Å². The SMILES string of the molecule is COc1c(Cl)cc(Cl)cc1/C(O)=C1\C(=O)C(=O)N(Cc2ccncc2)C1c1ccc(O)cc1. The van der Waals surface area contributed by atoms with Crippen molar-refractivity contribution in [2.24, 2.45) is 0 Å². The smallest absolute Gasteiger partial charge is 0.295 e. The Morgan fingerprint density at radius 3 is 2.39 bits per heavy atom. The summed E-state index contributed by atoms with van der Waals surface area (Å²) in [6.45, 7) is 0.100. The number of aliphatic hydroxyl groups excluding tert-OH is 1. The van der Waals surface area contributed by atoms with E-state index in [4.69, 9.17) is 27.9 Å². The van der Waals surface area contributed by atoms with E-state index < -0.39 is 23.5 Å². The first-order valence-electron chi connectivity index (χ1n) is 9.81. The van der Waals surface area contributed by atoms with Gasteiger partial charge in [0.2, 0.25) is 0 Å². The summed E-state index contributed by atoms with van der Waals surface area (Å²) < 4.78 is 5.32. The predicted octanol–water partition coefficient (Wildman–Crippen LogP) is 4.72. The molecule has 9 heteroatoms. The zero-order valence-electron chi connectivity index (χ0n) is 17.3. The lowest BCUT2D eigenvalue weighted by atomic mass is 9.94. The van der Waals surface area contributed by atoms with E-state index in [1.165, 1.54) is 36.3 Å². The lowest BCUT2D eigenvalue weighted by Gasteiger charge is -2.25. The van der Waals surface area contributed by atoms with Gasteiger partial charge in [-0.3, -0.25) is 14.6 Å². The Morgan fingerprint density at radius 2 is 1.76 bits per heavy atom. The second-order valence-corrected chi connectivity index (χ2v) is 8.19. The number of aromatic hydroxyl groups is 1. The van der Waals surface area contributed by atoms with Gasteiger partial charge in [0.25, 0.3) is 11.7 Å². The van der Waals surface area contributed by atoms with Crippen molar-refractivity contribution in [2.45, 2.75) is 12.6 Å². The molecule has 168 valence electrons. The van der Waals surface area contributed by atoms with E-state index in [2.05, 4.69) is 4.98 Å². The standard InChI is InChI=1S/C24H18Cl2N2O5/c1-33-23-17(10-15(25)11-18(23)26)21(30)19-20(14-2-4-16(29)5-3-14)28(24(32)22(19)31)12-13-6-8-27-9-7-13/h2-11,20,29-30H,12H2,1H3/b21-19+. The number of aliphatic hydroxyl groups is 1. The lowest BCUT2D eigenvalue weighted by molar-refractivity contribution is -0.140. The third kappa shape index (κ3) is 4.25. The van der Waals surface area contributed by atoms with Crippen molar-refractivity contribution in [2.75, 3.05) is 7.11 Å². The van der Waals surface area contributed by atoms with Gasteiger partial charge in [0.15, 0.2) is 0 Å². The van der Waals surface area contributed by atoms with E-state index in [1.54, 1.807) is 36.7 Å². The molecule has 1 aliphatic rings. The van der Waals surface area contributed by atoms with Crippen LogP contribution in [-0.4, -0.2) is 38.9 Å². The van der Waals surface area contributed by atoms with Crippen LogP contribution in [0.3, 0.4) is 0 Å². The number of pyridine rings is 1. The van der Waals surface area contributed by atoms with Crippen LogP contribution in [0.4, 0.5) is 0 Å². The molecule has 1 aromatic heterocycles. The number of aromatic nitrogens is 1. The first-order valence-corrected chi connectivity index (χ1v) is 10.6. The Balaban J connectivity index is 1.93. The van der Waals surface area contributed by atoms with Crippen molar-refractivity contribution in [1.82, 2.24) is 9.88 Å². The van der Waals surface area contributed by atoms with Crippen molar-refractivity contribution in [3.63, 3.8) is 0 Å². The molecule has 1 saturated heterocycles. The molecule has 0 radical (unpaired) electrons. The number of amides is 1. The highest BCUT2D eigenvalue weighted by Gasteiger charge is 2.46. The van der Waals surface area contributed by atoms with Crippen molar-refractivity contribution < 1.29 is 24.5 Å². The third-order valence-electron chi connectivity index (χ3n) is 5.32. The summed E-state index contributed by atoms with van der Waals surface area (Å²) in [6, 6.07) is 11.4. The van der Waals surface area contributed by atoms with Crippen LogP contribution >= 0.6 is 23.2 Å². The predicted molar refractivity (Wildman–Crippen MR) is 123 cm³/mol. The Labute approximate surface area is 199 Å². The van der Waals surface area contributed by atoms with Crippen molar-refractivity contribution in [3.05, 3.63) is 93.2 Å². The monoisotopic (exact) mass is 484 g/mol. The summed E-state index contributed by atoms with van der Waals surface area (Å²) in [5.74, 6) is -1.97. The topological polar surface area (TPSA) is 100.0 Å². The zero-order valence-corrected chi connectivity index (χ0v) is 18.8. The van der Waals surface area contributed by atoms with Crippen LogP contribution in [0.1, 0.15) is 22.7 Å². The van der Waals surface area contributed by atoms with Gasteiger partial charge in [-0.2, -0.15) is 0 Å². The van der Waals surface area contributed by atoms with Gasteiger partial charge in [-0.15, -0.1) is 0 Å². The fourth-order valence-electron chi connectivity index (χ4n) is 3.82. The van der Waals surface area contributed by atoms with Gasteiger partial charge in [-0.1, -0.05) is 35.3 Å². The van der Waals surface area contributed by atoms with Gasteiger partial charge in [0.1, 0.15) is 17.3 Å². The first kappa shape index (κ1) is 22.6. The first-order chi connectivity index (χ1) is 15.8. The number of halogens is 2. The van der Waals surface area contributed by atoms with Crippen LogP contribution < -0.4 is 4.74 Å². The minimum Gasteiger partial charge on any atom is -0.508 e. The van der Waals surface area contributed by atoms with Gasteiger partial charge in [-0.05, 0) is 47.5 Å². The van der Waals surface area contributed by atoms with Crippen LogP contribution in [0.25, 0.3) is 5.76 Å². The van der Waals surface area contributed by atoms with Crippen LogP contribution in [-0.2, 0) is 16.1 Å². The number of carbonyl (C=O) groups excluding carboxylic acids is 2. The molecule has 2 heterocycles. The summed E-state index contributed by atoms with van der Waals surface area (Å²) in [6.07, 6.45) is 3.17. The molecule has 2 N–H and O–H groups in total. The largest absolute Gasteiger partial charge is 0.508 e. The van der Waals surface area contributed by atoms with Crippen LogP contribution in [0.15, 0.2) is 66.5 Å².